The minimum absolute atomic E-state index is 0.662. The topological polar surface area (TPSA) is 395 Å². The smallest absolute Gasteiger partial charge is 0.387 e. The van der Waals surface area contributed by atoms with Crippen LogP contribution in [0.1, 0.15) is 12.5 Å². The molecule has 49 heavy (non-hydrogen) atoms. The Morgan fingerprint density at radius 3 is 1.31 bits per heavy atom. The first kappa shape index (κ1) is 39.5. The van der Waals surface area contributed by atoms with E-state index in [9.17, 15) is 77.4 Å². The number of rotatable bonds is 14. The average molecular weight is 788 g/mol. The third kappa shape index (κ3) is 9.95. The van der Waals surface area contributed by atoms with Gasteiger partial charge in [0.25, 0.3) is 11.1 Å². The largest absolute Gasteiger partial charge is 0.479 e. The molecule has 2 saturated heterocycles. The standard InChI is InChI=1S/C19H28N4O22P4/c24-10-1-3-22(18(30)20-10)16-14(28)12(26)8(42-16)5-40-48(36,37)44-46(32,33)7-47(34,35)45-49(38,39)41-6-9-13(27)15(29)17(43-9)23-4-2-11(25)21-19(23)31/h1-4,8-9,12-17,26-29H,5-7H2,(H,32,33)(H,34,35)(H,36,37)(H,38,39)(H,20,24,30)(H,21,25,31)/t8-,9-,12-,13-,14-,15-,16+,17+/m1/s1. The van der Waals surface area contributed by atoms with Gasteiger partial charge in [0, 0.05) is 24.5 Å². The van der Waals surface area contributed by atoms with Crippen LogP contribution >= 0.6 is 30.8 Å². The van der Waals surface area contributed by atoms with Crippen LogP contribution in [-0.4, -0.2) is 115 Å². The van der Waals surface area contributed by atoms with Gasteiger partial charge in [-0.3, -0.25) is 46.9 Å². The summed E-state index contributed by atoms with van der Waals surface area (Å²) in [4.78, 5) is 89.8. The highest BCUT2D eigenvalue weighted by Gasteiger charge is 2.49. The summed E-state index contributed by atoms with van der Waals surface area (Å²) in [6.07, 6.45) is -12.4. The number of hydrogen-bond acceptors (Lipinski definition) is 18. The molecular weight excluding hydrogens is 760 g/mol. The summed E-state index contributed by atoms with van der Waals surface area (Å²) in [5, 5.41) is 40.8. The van der Waals surface area contributed by atoms with Crippen LogP contribution in [0.2, 0.25) is 0 Å². The predicted octanol–water partition coefficient (Wildman–Crippen LogP) is -4.08. The minimum atomic E-state index is -5.74. The highest BCUT2D eigenvalue weighted by molar-refractivity contribution is 7.76. The van der Waals surface area contributed by atoms with E-state index in [1.54, 1.807) is 0 Å². The van der Waals surface area contributed by atoms with Crippen LogP contribution < -0.4 is 22.5 Å². The highest BCUT2D eigenvalue weighted by Crippen LogP contribution is 2.70. The van der Waals surface area contributed by atoms with Crippen molar-refractivity contribution >= 4 is 30.8 Å². The number of aliphatic hydroxyl groups excluding tert-OH is 4. The molecule has 12 atom stereocenters. The van der Waals surface area contributed by atoms with Gasteiger partial charge in [0.15, 0.2) is 18.4 Å². The molecule has 2 aromatic rings. The molecule has 2 aliphatic rings. The number of aromatic amines is 2. The average Bonchev–Trinajstić information content (AvgIpc) is 3.38. The fraction of sp³-hybridized carbons (Fsp3) is 0.579. The van der Waals surface area contributed by atoms with Crippen LogP contribution in [0.3, 0.4) is 0 Å². The van der Waals surface area contributed by atoms with Gasteiger partial charge in [-0.15, -0.1) is 0 Å². The quantitative estimate of drug-likeness (QED) is 0.0814. The maximum absolute atomic E-state index is 12.4. The molecule has 2 aromatic heterocycles. The number of nitrogens with one attached hydrogen (secondary N) is 2. The molecule has 0 saturated carbocycles. The van der Waals surface area contributed by atoms with E-state index in [0.717, 1.165) is 24.5 Å². The fourth-order valence-electron chi connectivity index (χ4n) is 4.43. The summed E-state index contributed by atoms with van der Waals surface area (Å²) in [5.41, 5.74) is -3.72. The summed E-state index contributed by atoms with van der Waals surface area (Å²) < 4.78 is 78.1. The molecule has 2 fully saturated rings. The van der Waals surface area contributed by atoms with Crippen molar-refractivity contribution in [3.8, 4) is 0 Å². The van der Waals surface area contributed by atoms with E-state index in [-0.39, 0.29) is 0 Å². The zero-order valence-corrected chi connectivity index (χ0v) is 27.6. The third-order valence-electron chi connectivity index (χ3n) is 6.55. The van der Waals surface area contributed by atoms with E-state index in [2.05, 4.69) is 17.7 Å². The van der Waals surface area contributed by atoms with Gasteiger partial charge >= 0.3 is 42.2 Å². The fourth-order valence-corrected chi connectivity index (χ4v) is 11.2. The molecule has 30 heteroatoms. The van der Waals surface area contributed by atoms with Crippen molar-refractivity contribution < 1.29 is 85.4 Å². The Morgan fingerprint density at radius 2 is 0.980 bits per heavy atom. The van der Waals surface area contributed by atoms with Crippen LogP contribution in [0, 0.1) is 0 Å². The Bertz CT molecular complexity index is 1820. The first-order valence-electron chi connectivity index (χ1n) is 13.2. The van der Waals surface area contributed by atoms with Crippen LogP contribution in [0.15, 0.2) is 43.7 Å². The van der Waals surface area contributed by atoms with Gasteiger partial charge < -0.3 is 49.5 Å². The highest BCUT2D eigenvalue weighted by atomic mass is 31.3. The summed E-state index contributed by atoms with van der Waals surface area (Å²) >= 11 is 0. The maximum Gasteiger partial charge on any atom is 0.479 e. The van der Waals surface area contributed by atoms with E-state index in [0.29, 0.717) is 9.13 Å². The number of ether oxygens (including phenoxy) is 2. The van der Waals surface area contributed by atoms with E-state index < -0.39 is 122 Å². The molecule has 0 radical (unpaired) electrons. The molecule has 2 aliphatic heterocycles. The Kier molecular flexibility index (Phi) is 11.9. The summed E-state index contributed by atoms with van der Waals surface area (Å²) in [5.74, 6) is -2.11. The van der Waals surface area contributed by atoms with Gasteiger partial charge in [-0.25, -0.2) is 27.3 Å². The third-order valence-corrected chi connectivity index (χ3v) is 14.1. The van der Waals surface area contributed by atoms with Gasteiger partial charge in [-0.1, -0.05) is 0 Å². The predicted molar refractivity (Wildman–Crippen MR) is 153 cm³/mol. The van der Waals surface area contributed by atoms with Crippen molar-refractivity contribution in [2.75, 3.05) is 19.1 Å². The van der Waals surface area contributed by atoms with Crippen molar-refractivity contribution in [1.29, 1.82) is 0 Å². The van der Waals surface area contributed by atoms with Crippen molar-refractivity contribution in [1.82, 2.24) is 19.1 Å². The molecular formula is C19H28N4O22P4. The number of H-pyrrole nitrogens is 2. The molecule has 0 spiro atoms. The molecule has 4 rings (SSSR count). The van der Waals surface area contributed by atoms with E-state index in [1.165, 1.54) is 0 Å². The molecule has 0 aliphatic carbocycles. The maximum atomic E-state index is 12.4. The van der Waals surface area contributed by atoms with Gasteiger partial charge in [0.05, 0.1) is 13.2 Å². The molecule has 4 heterocycles. The molecule has 0 bridgehead atoms. The molecule has 0 amide bonds. The van der Waals surface area contributed by atoms with Crippen LogP contribution in [0.5, 0.6) is 0 Å². The van der Waals surface area contributed by atoms with Crippen molar-refractivity contribution in [2.45, 2.75) is 49.1 Å². The van der Waals surface area contributed by atoms with Gasteiger partial charge in [0.2, 0.25) is 0 Å². The van der Waals surface area contributed by atoms with Gasteiger partial charge in [-0.05, 0) is 0 Å². The van der Waals surface area contributed by atoms with Crippen LogP contribution in [0.25, 0.3) is 0 Å². The second-order valence-corrected chi connectivity index (χ2v) is 17.6. The Hall–Kier alpha value is -2.28. The van der Waals surface area contributed by atoms with Crippen molar-refractivity contribution in [3.05, 3.63) is 66.2 Å². The SMILES string of the molecule is O=c1ccn([C@H]2O[C@H](COP(=O)(O)OP(=O)(O)CP(=O)(O)OP(=O)(O)OC[C@H]3O[C@H](n4ccc(=O)[nH]c4=O)[C@H](O)[C@@H]3O)[C@@H](O)[C@H]2O)c(=O)[nH]1. The first-order valence-corrected chi connectivity index (χ1v) is 19.7. The molecule has 4 unspecified atom stereocenters. The molecule has 276 valence electrons. The normalized spacial score (nSPS) is 32.2. The second kappa shape index (κ2) is 14.8. The van der Waals surface area contributed by atoms with Crippen molar-refractivity contribution in [3.63, 3.8) is 0 Å². The van der Waals surface area contributed by atoms with Crippen molar-refractivity contribution in [2.24, 2.45) is 0 Å². The van der Waals surface area contributed by atoms with Gasteiger partial charge in [0.1, 0.15) is 36.6 Å². The Balaban J connectivity index is 1.31. The lowest BCUT2D eigenvalue weighted by Crippen LogP contribution is -2.37. The Morgan fingerprint density at radius 1 is 0.633 bits per heavy atom. The number of hydrogen-bond donors (Lipinski definition) is 10. The van der Waals surface area contributed by atoms with E-state index >= 15 is 0 Å². The number of nitrogens with zero attached hydrogens (tertiary/aromatic N) is 2. The number of phosphoric ester groups is 2. The monoisotopic (exact) mass is 788 g/mol. The zero-order chi connectivity index (χ0) is 36.7. The lowest BCUT2D eigenvalue weighted by atomic mass is 10.1. The lowest BCUT2D eigenvalue weighted by molar-refractivity contribution is -0.0541. The summed E-state index contributed by atoms with van der Waals surface area (Å²) in [6, 6.07) is 1.76. The number of phosphoric acid groups is 2. The lowest BCUT2D eigenvalue weighted by Gasteiger charge is -2.22. The minimum Gasteiger partial charge on any atom is -0.387 e. The van der Waals surface area contributed by atoms with E-state index in [4.69, 9.17) is 9.47 Å². The van der Waals surface area contributed by atoms with Crippen LogP contribution in [0.4, 0.5) is 0 Å². The number of aliphatic hydroxyl groups is 4. The van der Waals surface area contributed by atoms with E-state index in [1.807, 2.05) is 9.97 Å². The second-order valence-electron chi connectivity index (χ2n) is 10.2. The first-order chi connectivity index (χ1) is 22.5. The number of aromatic nitrogens is 4. The van der Waals surface area contributed by atoms with Gasteiger partial charge in [-0.2, -0.15) is 0 Å². The molecule has 0 aromatic carbocycles. The Labute approximate surface area is 269 Å². The molecule has 26 nitrogen and oxygen atoms in total. The summed E-state index contributed by atoms with van der Waals surface area (Å²) in [6.45, 7) is -2.32. The summed E-state index contributed by atoms with van der Waals surface area (Å²) in [7, 11) is -22.9. The zero-order valence-electron chi connectivity index (χ0n) is 24.0. The molecule has 10 N–H and O–H groups in total. The van der Waals surface area contributed by atoms with Crippen LogP contribution in [-0.2, 0) is 45.4 Å².